The molecule has 1 unspecified atom stereocenters. The summed E-state index contributed by atoms with van der Waals surface area (Å²) in [5, 5.41) is 0. The third-order valence-corrected chi connectivity index (χ3v) is 2.58. The Morgan fingerprint density at radius 2 is 2.47 bits per heavy atom. The van der Waals surface area contributed by atoms with Gasteiger partial charge in [0.2, 0.25) is 5.96 Å². The maximum atomic E-state index is 5.74. The lowest BCUT2D eigenvalue weighted by molar-refractivity contribution is 0.0158. The fourth-order valence-electron chi connectivity index (χ4n) is 1.85. The monoisotopic (exact) mass is 214 g/mol. The first-order valence-corrected chi connectivity index (χ1v) is 5.61. The molecule has 5 heteroatoms. The Morgan fingerprint density at radius 3 is 3.07 bits per heavy atom. The first-order valence-electron chi connectivity index (χ1n) is 5.61. The number of rotatable bonds is 3. The zero-order valence-electron chi connectivity index (χ0n) is 9.70. The van der Waals surface area contributed by atoms with E-state index in [-0.39, 0.29) is 0 Å². The summed E-state index contributed by atoms with van der Waals surface area (Å²) in [5.41, 5.74) is 2.62. The van der Waals surface area contributed by atoms with Gasteiger partial charge in [-0.25, -0.2) is 5.84 Å². The van der Waals surface area contributed by atoms with Crippen LogP contribution >= 0.6 is 0 Å². The molecule has 0 spiro atoms. The van der Waals surface area contributed by atoms with Crippen molar-refractivity contribution < 1.29 is 4.74 Å². The second kappa shape index (κ2) is 6.63. The first kappa shape index (κ1) is 12.3. The van der Waals surface area contributed by atoms with Gasteiger partial charge in [0.25, 0.3) is 0 Å². The summed E-state index contributed by atoms with van der Waals surface area (Å²) < 4.78 is 5.74. The van der Waals surface area contributed by atoms with Crippen LogP contribution in [0.3, 0.4) is 0 Å². The lowest BCUT2D eigenvalue weighted by Crippen LogP contribution is -2.50. The van der Waals surface area contributed by atoms with Crippen molar-refractivity contribution in [2.45, 2.75) is 32.3 Å². The van der Waals surface area contributed by atoms with Gasteiger partial charge in [-0.05, 0) is 19.3 Å². The molecule has 1 rings (SSSR count). The molecule has 3 N–H and O–H groups in total. The number of guanidine groups is 1. The number of hydrogen-bond donors (Lipinski definition) is 2. The molecule has 0 amide bonds. The van der Waals surface area contributed by atoms with Crippen LogP contribution in [-0.2, 0) is 4.74 Å². The van der Waals surface area contributed by atoms with Crippen molar-refractivity contribution in [2.24, 2.45) is 10.8 Å². The third kappa shape index (κ3) is 3.68. The highest BCUT2D eigenvalue weighted by Crippen LogP contribution is 2.13. The smallest absolute Gasteiger partial charge is 0.208 e. The van der Waals surface area contributed by atoms with E-state index < -0.39 is 0 Å². The van der Waals surface area contributed by atoms with Crippen LogP contribution in [-0.4, -0.2) is 43.7 Å². The van der Waals surface area contributed by atoms with Gasteiger partial charge in [0.1, 0.15) is 0 Å². The second-order valence-corrected chi connectivity index (χ2v) is 3.77. The van der Waals surface area contributed by atoms with Gasteiger partial charge in [0.05, 0.1) is 6.10 Å². The van der Waals surface area contributed by atoms with Crippen molar-refractivity contribution in [3.05, 3.63) is 0 Å². The summed E-state index contributed by atoms with van der Waals surface area (Å²) in [6.07, 6.45) is 3.66. The maximum Gasteiger partial charge on any atom is 0.208 e. The summed E-state index contributed by atoms with van der Waals surface area (Å²) in [7, 11) is 1.74. The average molecular weight is 214 g/mol. The largest absolute Gasteiger partial charge is 0.376 e. The Morgan fingerprint density at radius 1 is 1.67 bits per heavy atom. The molecule has 0 aromatic carbocycles. The molecular formula is C10H22N4O. The van der Waals surface area contributed by atoms with Crippen LogP contribution < -0.4 is 11.3 Å². The minimum absolute atomic E-state index is 0.323. The van der Waals surface area contributed by atoms with Gasteiger partial charge in [-0.2, -0.15) is 0 Å². The molecular weight excluding hydrogens is 192 g/mol. The number of hydrogen-bond acceptors (Lipinski definition) is 3. The molecule has 0 radical (unpaired) electrons. The van der Waals surface area contributed by atoms with Crippen molar-refractivity contribution in [1.29, 1.82) is 0 Å². The van der Waals surface area contributed by atoms with Crippen molar-refractivity contribution in [3.63, 3.8) is 0 Å². The molecule has 1 saturated heterocycles. The van der Waals surface area contributed by atoms with Crippen LogP contribution in [0.1, 0.15) is 26.2 Å². The van der Waals surface area contributed by atoms with Crippen LogP contribution in [0.2, 0.25) is 0 Å². The molecule has 0 bridgehead atoms. The van der Waals surface area contributed by atoms with Crippen molar-refractivity contribution >= 4 is 5.96 Å². The Bertz CT molecular complexity index is 208. The van der Waals surface area contributed by atoms with Crippen LogP contribution in [0.25, 0.3) is 0 Å². The van der Waals surface area contributed by atoms with E-state index in [9.17, 15) is 0 Å². The number of nitrogens with zero attached hydrogens (tertiary/aromatic N) is 2. The standard InChI is InChI=1S/C10H22N4O/c1-3-7-15-9-5-4-6-14(8-9)10(12-2)13-11/h9H,3-8,11H2,1-2H3,(H,12,13). The average Bonchev–Trinajstić information content (AvgIpc) is 2.29. The van der Waals surface area contributed by atoms with E-state index in [4.69, 9.17) is 10.6 Å². The zero-order valence-corrected chi connectivity index (χ0v) is 9.70. The van der Waals surface area contributed by atoms with E-state index in [1.54, 1.807) is 7.05 Å². The van der Waals surface area contributed by atoms with Gasteiger partial charge in [0, 0.05) is 26.7 Å². The van der Waals surface area contributed by atoms with Gasteiger partial charge < -0.3 is 9.64 Å². The minimum Gasteiger partial charge on any atom is -0.376 e. The predicted molar refractivity (Wildman–Crippen MR) is 61.5 cm³/mol. The molecule has 88 valence electrons. The highest BCUT2D eigenvalue weighted by molar-refractivity contribution is 5.79. The van der Waals surface area contributed by atoms with E-state index in [0.717, 1.165) is 44.9 Å². The lowest BCUT2D eigenvalue weighted by atomic mass is 10.1. The number of hydrazine groups is 1. The van der Waals surface area contributed by atoms with E-state index >= 15 is 0 Å². The molecule has 0 aromatic heterocycles. The van der Waals surface area contributed by atoms with Gasteiger partial charge in [-0.15, -0.1) is 0 Å². The zero-order chi connectivity index (χ0) is 11.1. The molecule has 15 heavy (non-hydrogen) atoms. The quantitative estimate of drug-likeness (QED) is 0.307. The molecule has 0 aromatic rings. The summed E-state index contributed by atoms with van der Waals surface area (Å²) >= 11 is 0. The highest BCUT2D eigenvalue weighted by Gasteiger charge is 2.21. The fraction of sp³-hybridized carbons (Fsp3) is 0.900. The Kier molecular flexibility index (Phi) is 5.42. The summed E-state index contributed by atoms with van der Waals surface area (Å²) in [6, 6.07) is 0. The van der Waals surface area contributed by atoms with Gasteiger partial charge in [0.15, 0.2) is 0 Å². The minimum atomic E-state index is 0.323. The van der Waals surface area contributed by atoms with Gasteiger partial charge in [-0.3, -0.25) is 10.4 Å². The number of piperidine rings is 1. The maximum absolute atomic E-state index is 5.74. The summed E-state index contributed by atoms with van der Waals surface area (Å²) in [5.74, 6) is 6.15. The second-order valence-electron chi connectivity index (χ2n) is 3.77. The predicted octanol–water partition coefficient (Wildman–Crippen LogP) is 0.327. The third-order valence-electron chi connectivity index (χ3n) is 2.58. The van der Waals surface area contributed by atoms with E-state index in [2.05, 4.69) is 22.2 Å². The highest BCUT2D eigenvalue weighted by atomic mass is 16.5. The van der Waals surface area contributed by atoms with Gasteiger partial charge in [-0.1, -0.05) is 6.92 Å². The van der Waals surface area contributed by atoms with Crippen molar-refractivity contribution in [3.8, 4) is 0 Å². The Labute approximate surface area is 91.6 Å². The molecule has 0 aliphatic carbocycles. The van der Waals surface area contributed by atoms with Crippen molar-refractivity contribution in [2.75, 3.05) is 26.7 Å². The topological polar surface area (TPSA) is 62.9 Å². The van der Waals surface area contributed by atoms with Crippen LogP contribution in [0.4, 0.5) is 0 Å². The van der Waals surface area contributed by atoms with Crippen molar-refractivity contribution in [1.82, 2.24) is 10.3 Å². The number of likely N-dealkylation sites (tertiary alicyclic amines) is 1. The van der Waals surface area contributed by atoms with E-state index in [1.807, 2.05) is 0 Å². The number of aliphatic imine (C=N–C) groups is 1. The summed E-state index contributed by atoms with van der Waals surface area (Å²) in [6.45, 7) is 4.86. The number of nitrogens with two attached hydrogens (primary N) is 1. The molecule has 1 heterocycles. The first-order chi connectivity index (χ1) is 7.31. The normalized spacial score (nSPS) is 23.0. The molecule has 1 atom stereocenters. The molecule has 1 aliphatic heterocycles. The molecule has 1 aliphatic rings. The molecule has 0 saturated carbocycles. The summed E-state index contributed by atoms with van der Waals surface area (Å²) in [4.78, 5) is 6.24. The Balaban J connectivity index is 2.41. The molecule has 1 fully saturated rings. The van der Waals surface area contributed by atoms with Gasteiger partial charge >= 0.3 is 0 Å². The number of ether oxygens (including phenoxy) is 1. The SMILES string of the molecule is CCCOC1CCCN(C(=NC)NN)C1. The van der Waals surface area contributed by atoms with Crippen LogP contribution in [0.15, 0.2) is 4.99 Å². The van der Waals surface area contributed by atoms with E-state index in [1.165, 1.54) is 0 Å². The number of nitrogens with one attached hydrogen (secondary N) is 1. The molecule has 5 nitrogen and oxygen atoms in total. The van der Waals surface area contributed by atoms with Crippen LogP contribution in [0, 0.1) is 0 Å². The van der Waals surface area contributed by atoms with Crippen LogP contribution in [0.5, 0.6) is 0 Å². The Hall–Kier alpha value is -0.810. The van der Waals surface area contributed by atoms with E-state index in [0.29, 0.717) is 6.10 Å². The lowest BCUT2D eigenvalue weighted by Gasteiger charge is -2.34. The fourth-order valence-corrected chi connectivity index (χ4v) is 1.85.